The van der Waals surface area contributed by atoms with Crippen molar-refractivity contribution in [2.24, 2.45) is 0 Å². The lowest BCUT2D eigenvalue weighted by Gasteiger charge is -2.16. The summed E-state index contributed by atoms with van der Waals surface area (Å²) in [6, 6.07) is 14.8. The minimum Gasteiger partial charge on any atom is -0.468 e. The van der Waals surface area contributed by atoms with Gasteiger partial charge in [0.1, 0.15) is 11.0 Å². The Hall–Kier alpha value is -2.38. The highest BCUT2D eigenvalue weighted by Crippen LogP contribution is 2.28. The molecule has 5 nitrogen and oxygen atoms in total. The molecule has 0 aliphatic heterocycles. The lowest BCUT2D eigenvalue weighted by Crippen LogP contribution is -2.31. The fourth-order valence-electron chi connectivity index (χ4n) is 2.29. The summed E-state index contributed by atoms with van der Waals surface area (Å²) in [5.41, 5.74) is 0. The molecule has 0 aliphatic rings. The summed E-state index contributed by atoms with van der Waals surface area (Å²) in [4.78, 5) is 12.8. The van der Waals surface area contributed by atoms with Crippen molar-refractivity contribution < 1.29 is 17.6 Å². The van der Waals surface area contributed by atoms with Gasteiger partial charge >= 0.3 is 0 Å². The van der Waals surface area contributed by atoms with E-state index in [9.17, 15) is 13.2 Å². The zero-order valence-electron chi connectivity index (χ0n) is 12.6. The molecule has 0 radical (unpaired) electrons. The van der Waals surface area contributed by atoms with E-state index in [1.807, 2.05) is 0 Å². The van der Waals surface area contributed by atoms with Gasteiger partial charge in [-0.05, 0) is 35.7 Å². The number of thiophene rings is 1. The van der Waals surface area contributed by atoms with E-state index in [1.54, 1.807) is 47.8 Å². The van der Waals surface area contributed by atoms with Crippen molar-refractivity contribution in [1.29, 1.82) is 0 Å². The molecular formula is C17H15NO4S2. The molecule has 2 heterocycles. The minimum atomic E-state index is -3.69. The summed E-state index contributed by atoms with van der Waals surface area (Å²) in [6.07, 6.45) is 1.42. The molecule has 1 amide bonds. The Morgan fingerprint density at radius 3 is 2.50 bits per heavy atom. The molecule has 24 heavy (non-hydrogen) atoms. The van der Waals surface area contributed by atoms with Crippen molar-refractivity contribution in [3.8, 4) is 0 Å². The maximum absolute atomic E-state index is 12.9. The van der Waals surface area contributed by atoms with Crippen LogP contribution in [0.3, 0.4) is 0 Å². The van der Waals surface area contributed by atoms with Crippen LogP contribution in [0.1, 0.15) is 20.7 Å². The molecule has 3 rings (SSSR count). The standard InChI is InChI=1S/C17H15NO4S2/c19-17(15-9-5-11-23-15)18-12-16(14-8-4-10-22-14)24(20,21)13-6-2-1-3-7-13/h1-11,16H,12H2,(H,18,19)/t16-/m1/s1. The quantitative estimate of drug-likeness (QED) is 0.731. The molecule has 0 saturated carbocycles. The second kappa shape index (κ2) is 7.02. The van der Waals surface area contributed by atoms with Gasteiger partial charge in [0.15, 0.2) is 9.84 Å². The molecule has 0 aliphatic carbocycles. The Bertz CT molecular complexity index is 885. The lowest BCUT2D eigenvalue weighted by molar-refractivity contribution is 0.0957. The summed E-state index contributed by atoms with van der Waals surface area (Å²) in [6.45, 7) is -0.0680. The number of hydrogen-bond acceptors (Lipinski definition) is 5. The topological polar surface area (TPSA) is 76.4 Å². The van der Waals surface area contributed by atoms with Crippen molar-refractivity contribution in [2.75, 3.05) is 6.54 Å². The van der Waals surface area contributed by atoms with E-state index < -0.39 is 15.1 Å². The SMILES string of the molecule is O=C(NC[C@H](c1ccco1)S(=O)(=O)c1ccccc1)c1cccs1. The Labute approximate surface area is 143 Å². The molecule has 2 aromatic heterocycles. The highest BCUT2D eigenvalue weighted by atomic mass is 32.2. The van der Waals surface area contributed by atoms with Crippen LogP contribution in [-0.2, 0) is 9.84 Å². The maximum atomic E-state index is 12.9. The van der Waals surface area contributed by atoms with Crippen LogP contribution >= 0.6 is 11.3 Å². The first-order chi connectivity index (χ1) is 11.6. The van der Waals surface area contributed by atoms with E-state index in [2.05, 4.69) is 5.32 Å². The van der Waals surface area contributed by atoms with Crippen molar-refractivity contribution in [1.82, 2.24) is 5.32 Å². The summed E-state index contributed by atoms with van der Waals surface area (Å²) in [5.74, 6) is -0.00449. The number of carbonyl (C=O) groups is 1. The molecule has 3 aromatic rings. The van der Waals surface area contributed by atoms with Gasteiger partial charge in [0.25, 0.3) is 5.91 Å². The number of benzene rings is 1. The largest absolute Gasteiger partial charge is 0.468 e. The molecule has 0 bridgehead atoms. The van der Waals surface area contributed by atoms with Crippen LogP contribution in [0.2, 0.25) is 0 Å². The summed E-state index contributed by atoms with van der Waals surface area (Å²) >= 11 is 1.30. The van der Waals surface area contributed by atoms with E-state index >= 15 is 0 Å². The second-order valence-electron chi connectivity index (χ2n) is 5.05. The molecule has 0 saturated heterocycles. The highest BCUT2D eigenvalue weighted by Gasteiger charge is 2.31. The van der Waals surface area contributed by atoms with E-state index in [4.69, 9.17) is 4.42 Å². The van der Waals surface area contributed by atoms with Gasteiger partial charge in [0.05, 0.1) is 16.0 Å². The molecule has 7 heteroatoms. The van der Waals surface area contributed by atoms with Gasteiger partial charge in [-0.3, -0.25) is 4.79 Å². The van der Waals surface area contributed by atoms with Gasteiger partial charge < -0.3 is 9.73 Å². The van der Waals surface area contributed by atoms with Crippen LogP contribution in [0.4, 0.5) is 0 Å². The predicted octanol–water partition coefficient (Wildman–Crippen LogP) is 3.29. The summed E-state index contributed by atoms with van der Waals surface area (Å²) in [5, 5.41) is 3.49. The van der Waals surface area contributed by atoms with Crippen LogP contribution in [0.5, 0.6) is 0 Å². The Morgan fingerprint density at radius 2 is 1.88 bits per heavy atom. The molecular weight excluding hydrogens is 346 g/mol. The van der Waals surface area contributed by atoms with Crippen molar-refractivity contribution in [2.45, 2.75) is 10.1 Å². The second-order valence-corrected chi connectivity index (χ2v) is 8.13. The van der Waals surface area contributed by atoms with Crippen LogP contribution in [0.15, 0.2) is 75.6 Å². The number of nitrogens with one attached hydrogen (secondary N) is 1. The molecule has 1 aromatic carbocycles. The maximum Gasteiger partial charge on any atom is 0.261 e. The van der Waals surface area contributed by atoms with E-state index in [0.717, 1.165) is 0 Å². The van der Waals surface area contributed by atoms with E-state index in [-0.39, 0.29) is 17.3 Å². The highest BCUT2D eigenvalue weighted by molar-refractivity contribution is 7.91. The Balaban J connectivity index is 1.86. The fraction of sp³-hybridized carbons (Fsp3) is 0.118. The number of carbonyl (C=O) groups excluding carboxylic acids is 1. The third kappa shape index (κ3) is 3.42. The summed E-state index contributed by atoms with van der Waals surface area (Å²) in [7, 11) is -3.69. The lowest BCUT2D eigenvalue weighted by atomic mass is 10.3. The number of furan rings is 1. The average Bonchev–Trinajstić information content (AvgIpc) is 3.29. The number of sulfone groups is 1. The van der Waals surface area contributed by atoms with Crippen LogP contribution in [-0.4, -0.2) is 20.9 Å². The van der Waals surface area contributed by atoms with Crippen molar-refractivity contribution >= 4 is 27.1 Å². The monoisotopic (exact) mass is 361 g/mol. The number of amides is 1. The minimum absolute atomic E-state index is 0.0680. The first-order valence-electron chi connectivity index (χ1n) is 7.23. The first-order valence-corrected chi connectivity index (χ1v) is 9.65. The molecule has 124 valence electrons. The van der Waals surface area contributed by atoms with E-state index in [1.165, 1.54) is 29.7 Å². The Kier molecular flexibility index (Phi) is 4.82. The van der Waals surface area contributed by atoms with Crippen LogP contribution < -0.4 is 5.32 Å². The molecule has 0 unspecified atom stereocenters. The van der Waals surface area contributed by atoms with Gasteiger partial charge in [-0.1, -0.05) is 24.3 Å². The van der Waals surface area contributed by atoms with Crippen LogP contribution in [0, 0.1) is 0 Å². The van der Waals surface area contributed by atoms with Gasteiger partial charge in [-0.2, -0.15) is 0 Å². The summed E-state index contributed by atoms with van der Waals surface area (Å²) < 4.78 is 31.1. The van der Waals surface area contributed by atoms with Crippen molar-refractivity contribution in [3.05, 3.63) is 76.9 Å². The molecule has 0 spiro atoms. The van der Waals surface area contributed by atoms with Crippen molar-refractivity contribution in [3.63, 3.8) is 0 Å². The molecule has 0 fully saturated rings. The predicted molar refractivity (Wildman–Crippen MR) is 91.7 cm³/mol. The normalized spacial score (nSPS) is 12.7. The zero-order chi connectivity index (χ0) is 17.0. The van der Waals surface area contributed by atoms with Gasteiger partial charge in [-0.25, -0.2) is 8.42 Å². The molecule has 1 N–H and O–H groups in total. The molecule has 1 atom stereocenters. The zero-order valence-corrected chi connectivity index (χ0v) is 14.2. The number of hydrogen-bond donors (Lipinski definition) is 1. The van der Waals surface area contributed by atoms with Gasteiger partial charge in [0.2, 0.25) is 0 Å². The average molecular weight is 361 g/mol. The van der Waals surface area contributed by atoms with Gasteiger partial charge in [0, 0.05) is 6.54 Å². The fourth-order valence-corrected chi connectivity index (χ4v) is 4.54. The van der Waals surface area contributed by atoms with Crippen LogP contribution in [0.25, 0.3) is 0 Å². The third-order valence-corrected chi connectivity index (χ3v) is 6.45. The van der Waals surface area contributed by atoms with Gasteiger partial charge in [-0.15, -0.1) is 11.3 Å². The number of rotatable bonds is 6. The van der Waals surface area contributed by atoms with E-state index in [0.29, 0.717) is 10.6 Å². The third-order valence-electron chi connectivity index (χ3n) is 3.50. The first kappa shape index (κ1) is 16.5. The Morgan fingerprint density at radius 1 is 1.08 bits per heavy atom. The smallest absolute Gasteiger partial charge is 0.261 e.